The summed E-state index contributed by atoms with van der Waals surface area (Å²) in [6, 6.07) is 9.42. The fourth-order valence-electron chi connectivity index (χ4n) is 2.23. The van der Waals surface area contributed by atoms with Crippen LogP contribution < -0.4 is 15.0 Å². The summed E-state index contributed by atoms with van der Waals surface area (Å²) in [6.45, 7) is 3.76. The Morgan fingerprint density at radius 3 is 2.43 bits per heavy atom. The van der Waals surface area contributed by atoms with Gasteiger partial charge in [-0.15, -0.1) is 0 Å². The van der Waals surface area contributed by atoms with Crippen molar-refractivity contribution in [1.82, 2.24) is 15.3 Å². The highest BCUT2D eigenvalue weighted by atomic mass is 35.5. The molecule has 0 spiro atoms. The number of nitrogens with one attached hydrogen (secondary N) is 1. The van der Waals surface area contributed by atoms with Gasteiger partial charge in [-0.3, -0.25) is 0 Å². The summed E-state index contributed by atoms with van der Waals surface area (Å²) in [5, 5.41) is 3.84. The molecule has 1 aliphatic heterocycles. The van der Waals surface area contributed by atoms with Crippen molar-refractivity contribution in [2.75, 3.05) is 31.1 Å². The van der Waals surface area contributed by atoms with Crippen LogP contribution in [-0.4, -0.2) is 36.1 Å². The maximum Gasteiger partial charge on any atom is 0.324 e. The second-order valence-electron chi connectivity index (χ2n) is 4.60. The third-order valence-corrected chi connectivity index (χ3v) is 3.55. The van der Waals surface area contributed by atoms with Crippen LogP contribution in [0.2, 0.25) is 10.3 Å². The highest BCUT2D eigenvalue weighted by Crippen LogP contribution is 2.31. The molecule has 2 aromatic rings. The van der Waals surface area contributed by atoms with Gasteiger partial charge < -0.3 is 15.0 Å². The number of halogens is 2. The SMILES string of the molecule is Clc1cc(Cl)nc(Oc2ccccc2N2CCNCC2)n1. The van der Waals surface area contributed by atoms with Crippen LogP contribution in [0.1, 0.15) is 0 Å². The first-order valence-corrected chi connectivity index (χ1v) is 7.40. The molecule has 3 rings (SSSR count). The molecule has 7 heteroatoms. The number of aromatic nitrogens is 2. The second kappa shape index (κ2) is 6.47. The first-order valence-electron chi connectivity index (χ1n) is 6.65. The molecule has 1 N–H and O–H groups in total. The minimum Gasteiger partial charge on any atom is -0.422 e. The molecule has 21 heavy (non-hydrogen) atoms. The predicted octanol–water partition coefficient (Wildman–Crippen LogP) is 2.99. The third kappa shape index (κ3) is 3.56. The van der Waals surface area contributed by atoms with E-state index in [0.29, 0.717) is 5.75 Å². The van der Waals surface area contributed by atoms with Crippen LogP contribution in [-0.2, 0) is 0 Å². The summed E-state index contributed by atoms with van der Waals surface area (Å²) < 4.78 is 5.77. The number of anilines is 1. The van der Waals surface area contributed by atoms with E-state index in [0.717, 1.165) is 31.9 Å². The highest BCUT2D eigenvalue weighted by molar-refractivity contribution is 6.33. The first-order chi connectivity index (χ1) is 10.2. The van der Waals surface area contributed by atoms with Crippen molar-refractivity contribution < 1.29 is 4.74 Å². The smallest absolute Gasteiger partial charge is 0.324 e. The van der Waals surface area contributed by atoms with E-state index in [1.54, 1.807) is 0 Å². The van der Waals surface area contributed by atoms with Gasteiger partial charge in [-0.25, -0.2) is 0 Å². The lowest BCUT2D eigenvalue weighted by Gasteiger charge is -2.30. The summed E-state index contributed by atoms with van der Waals surface area (Å²) in [5.74, 6) is 0.692. The van der Waals surface area contributed by atoms with Crippen molar-refractivity contribution in [3.63, 3.8) is 0 Å². The zero-order valence-electron chi connectivity index (χ0n) is 11.2. The van der Waals surface area contributed by atoms with Gasteiger partial charge in [0.15, 0.2) is 5.75 Å². The number of rotatable bonds is 3. The van der Waals surface area contributed by atoms with Crippen molar-refractivity contribution in [2.24, 2.45) is 0 Å². The molecule has 0 radical (unpaired) electrons. The topological polar surface area (TPSA) is 50.3 Å². The average molecular weight is 325 g/mol. The second-order valence-corrected chi connectivity index (χ2v) is 5.38. The lowest BCUT2D eigenvalue weighted by atomic mass is 10.2. The predicted molar refractivity (Wildman–Crippen MR) is 83.7 cm³/mol. The quantitative estimate of drug-likeness (QED) is 0.879. The number of piperazine rings is 1. The van der Waals surface area contributed by atoms with E-state index in [9.17, 15) is 0 Å². The Bertz CT molecular complexity index is 612. The van der Waals surface area contributed by atoms with E-state index in [1.807, 2.05) is 24.3 Å². The van der Waals surface area contributed by atoms with E-state index in [2.05, 4.69) is 20.2 Å². The van der Waals surface area contributed by atoms with Crippen molar-refractivity contribution in [3.8, 4) is 11.8 Å². The number of ether oxygens (including phenoxy) is 1. The van der Waals surface area contributed by atoms with Gasteiger partial charge >= 0.3 is 6.01 Å². The van der Waals surface area contributed by atoms with Crippen LogP contribution in [0, 0.1) is 0 Å². The normalized spacial score (nSPS) is 15.0. The van der Waals surface area contributed by atoms with Gasteiger partial charge in [-0.2, -0.15) is 9.97 Å². The molecule has 0 amide bonds. The molecule has 1 aromatic heterocycles. The lowest BCUT2D eigenvalue weighted by molar-refractivity contribution is 0.439. The highest BCUT2D eigenvalue weighted by Gasteiger charge is 2.16. The molecule has 2 heterocycles. The van der Waals surface area contributed by atoms with Gasteiger partial charge in [0, 0.05) is 32.2 Å². The van der Waals surface area contributed by atoms with Crippen molar-refractivity contribution in [1.29, 1.82) is 0 Å². The van der Waals surface area contributed by atoms with Crippen LogP contribution in [0.25, 0.3) is 0 Å². The van der Waals surface area contributed by atoms with E-state index < -0.39 is 0 Å². The van der Waals surface area contributed by atoms with Crippen molar-refractivity contribution in [3.05, 3.63) is 40.6 Å². The maximum absolute atomic E-state index is 5.87. The van der Waals surface area contributed by atoms with Crippen LogP contribution in [0.3, 0.4) is 0 Å². The molecule has 1 aliphatic rings. The summed E-state index contributed by atoms with van der Waals surface area (Å²) in [4.78, 5) is 10.3. The first kappa shape index (κ1) is 14.4. The zero-order valence-corrected chi connectivity index (χ0v) is 12.7. The van der Waals surface area contributed by atoms with Gasteiger partial charge in [-0.05, 0) is 12.1 Å². The maximum atomic E-state index is 5.87. The largest absolute Gasteiger partial charge is 0.422 e. The standard InChI is InChI=1S/C14H14Cl2N4O/c15-12-9-13(16)19-14(18-12)21-11-4-2-1-3-10(11)20-7-5-17-6-8-20/h1-4,9,17H,5-8H2. The molecule has 0 atom stereocenters. The molecular formula is C14H14Cl2N4O. The molecule has 0 unspecified atom stereocenters. The Kier molecular flexibility index (Phi) is 4.43. The van der Waals surface area contributed by atoms with Crippen LogP contribution >= 0.6 is 23.2 Å². The van der Waals surface area contributed by atoms with Crippen LogP contribution in [0.15, 0.2) is 30.3 Å². The van der Waals surface area contributed by atoms with Crippen molar-refractivity contribution in [2.45, 2.75) is 0 Å². The molecule has 1 aromatic carbocycles. The zero-order chi connectivity index (χ0) is 14.7. The molecule has 0 aliphatic carbocycles. The van der Waals surface area contributed by atoms with E-state index in [1.165, 1.54) is 6.07 Å². The van der Waals surface area contributed by atoms with Gasteiger partial charge in [0.05, 0.1) is 5.69 Å². The van der Waals surface area contributed by atoms with Gasteiger partial charge in [0.25, 0.3) is 0 Å². The number of para-hydroxylation sites is 2. The number of hydrogen-bond acceptors (Lipinski definition) is 5. The fourth-order valence-corrected chi connectivity index (χ4v) is 2.63. The Morgan fingerprint density at radius 1 is 1.05 bits per heavy atom. The Hall–Kier alpha value is -1.56. The molecule has 0 bridgehead atoms. The molecule has 1 saturated heterocycles. The van der Waals surface area contributed by atoms with Crippen LogP contribution in [0.5, 0.6) is 11.8 Å². The monoisotopic (exact) mass is 324 g/mol. The average Bonchev–Trinajstić information content (AvgIpc) is 2.48. The fraction of sp³-hybridized carbons (Fsp3) is 0.286. The lowest BCUT2D eigenvalue weighted by Crippen LogP contribution is -2.43. The van der Waals surface area contributed by atoms with Crippen molar-refractivity contribution >= 4 is 28.9 Å². The Morgan fingerprint density at radius 2 is 1.71 bits per heavy atom. The summed E-state index contributed by atoms with van der Waals surface area (Å²) in [7, 11) is 0. The molecular weight excluding hydrogens is 311 g/mol. The summed E-state index contributed by atoms with van der Waals surface area (Å²) in [5.41, 5.74) is 1.01. The number of nitrogens with zero attached hydrogens (tertiary/aromatic N) is 3. The van der Waals surface area contributed by atoms with E-state index in [-0.39, 0.29) is 16.3 Å². The van der Waals surface area contributed by atoms with E-state index in [4.69, 9.17) is 27.9 Å². The van der Waals surface area contributed by atoms with E-state index >= 15 is 0 Å². The van der Waals surface area contributed by atoms with Crippen LogP contribution in [0.4, 0.5) is 5.69 Å². The number of hydrogen-bond donors (Lipinski definition) is 1. The summed E-state index contributed by atoms with van der Waals surface area (Å²) >= 11 is 11.7. The summed E-state index contributed by atoms with van der Waals surface area (Å²) in [6.07, 6.45) is 0. The molecule has 1 fully saturated rings. The van der Waals surface area contributed by atoms with Gasteiger partial charge in [-0.1, -0.05) is 35.3 Å². The minimum absolute atomic E-state index is 0.148. The Balaban J connectivity index is 1.87. The third-order valence-electron chi connectivity index (χ3n) is 3.17. The molecule has 5 nitrogen and oxygen atoms in total. The molecule has 110 valence electrons. The minimum atomic E-state index is 0.148. The number of benzene rings is 1. The van der Waals surface area contributed by atoms with Gasteiger partial charge in [0.1, 0.15) is 10.3 Å². The molecule has 0 saturated carbocycles. The Labute approximate surface area is 132 Å². The van der Waals surface area contributed by atoms with Gasteiger partial charge in [0.2, 0.25) is 0 Å².